The Labute approximate surface area is 127 Å². The molecule has 0 aromatic heterocycles. The van der Waals surface area contributed by atoms with Crippen molar-refractivity contribution in [3.63, 3.8) is 0 Å². The zero-order chi connectivity index (χ0) is 14.7. The summed E-state index contributed by atoms with van der Waals surface area (Å²) in [4.78, 5) is 0. The third kappa shape index (κ3) is 2.89. The fraction of sp³-hybridized carbons (Fsp3) is 0.333. The summed E-state index contributed by atoms with van der Waals surface area (Å²) in [6.07, 6.45) is 0. The minimum atomic E-state index is 0.193. The normalized spacial score (nSPS) is 12.4. The Morgan fingerprint density at radius 3 is 2.20 bits per heavy atom. The van der Waals surface area contributed by atoms with E-state index in [-0.39, 0.29) is 6.04 Å². The fourth-order valence-corrected chi connectivity index (χ4v) is 2.80. The minimum Gasteiger partial charge on any atom is -0.307 e. The third-order valence-electron chi connectivity index (χ3n) is 3.99. The molecule has 0 aliphatic heterocycles. The van der Waals surface area contributed by atoms with Crippen LogP contribution in [0.3, 0.4) is 0 Å². The summed E-state index contributed by atoms with van der Waals surface area (Å²) in [6, 6.07) is 12.8. The number of rotatable bonds is 4. The number of nitrogens with one attached hydrogen (secondary N) is 1. The number of benzene rings is 2. The van der Waals surface area contributed by atoms with E-state index in [2.05, 4.69) is 57.3 Å². The van der Waals surface area contributed by atoms with E-state index in [1.807, 2.05) is 12.1 Å². The molecule has 2 aromatic rings. The molecule has 2 heteroatoms. The topological polar surface area (TPSA) is 12.0 Å². The van der Waals surface area contributed by atoms with Gasteiger partial charge in [0, 0.05) is 5.02 Å². The van der Waals surface area contributed by atoms with Gasteiger partial charge < -0.3 is 5.32 Å². The van der Waals surface area contributed by atoms with Crippen molar-refractivity contribution in [1.82, 2.24) is 5.32 Å². The van der Waals surface area contributed by atoms with E-state index in [0.29, 0.717) is 0 Å². The van der Waals surface area contributed by atoms with Crippen LogP contribution in [0, 0.1) is 20.8 Å². The van der Waals surface area contributed by atoms with Crippen LogP contribution in [0.2, 0.25) is 5.02 Å². The average Bonchev–Trinajstić information content (AvgIpc) is 2.43. The molecule has 1 nitrogen and oxygen atoms in total. The zero-order valence-corrected chi connectivity index (χ0v) is 13.4. The minimum absolute atomic E-state index is 0.193. The molecule has 2 rings (SSSR count). The van der Waals surface area contributed by atoms with Gasteiger partial charge in [-0.05, 0) is 61.2 Å². The number of hydrogen-bond donors (Lipinski definition) is 1. The van der Waals surface area contributed by atoms with Gasteiger partial charge >= 0.3 is 0 Å². The molecular weight excluding hydrogens is 266 g/mol. The molecule has 1 atom stereocenters. The molecule has 0 amide bonds. The molecule has 106 valence electrons. The molecule has 0 heterocycles. The molecule has 0 aliphatic carbocycles. The lowest BCUT2D eigenvalue weighted by Crippen LogP contribution is -2.23. The van der Waals surface area contributed by atoms with Gasteiger partial charge in [-0.2, -0.15) is 0 Å². The van der Waals surface area contributed by atoms with Crippen LogP contribution in [-0.4, -0.2) is 6.54 Å². The molecule has 0 aliphatic rings. The summed E-state index contributed by atoms with van der Waals surface area (Å²) >= 11 is 6.29. The Bertz CT molecular complexity index is 553. The predicted molar refractivity (Wildman–Crippen MR) is 87.6 cm³/mol. The second-order valence-corrected chi connectivity index (χ2v) is 5.64. The monoisotopic (exact) mass is 287 g/mol. The molecule has 0 spiro atoms. The van der Waals surface area contributed by atoms with Crippen LogP contribution in [0.25, 0.3) is 0 Å². The van der Waals surface area contributed by atoms with Gasteiger partial charge in [-0.25, -0.2) is 0 Å². The molecule has 0 saturated heterocycles. The first-order valence-corrected chi connectivity index (χ1v) is 7.48. The van der Waals surface area contributed by atoms with Gasteiger partial charge in [0.1, 0.15) is 0 Å². The lowest BCUT2D eigenvalue weighted by atomic mass is 9.90. The molecule has 1 unspecified atom stereocenters. The summed E-state index contributed by atoms with van der Waals surface area (Å²) in [5, 5.41) is 4.42. The molecule has 1 N–H and O–H groups in total. The van der Waals surface area contributed by atoms with Crippen LogP contribution in [0.5, 0.6) is 0 Å². The Kier molecular flexibility index (Phi) is 4.85. The zero-order valence-electron chi connectivity index (χ0n) is 12.6. The van der Waals surface area contributed by atoms with Crippen molar-refractivity contribution in [2.45, 2.75) is 33.7 Å². The summed E-state index contributed by atoms with van der Waals surface area (Å²) in [6.45, 7) is 9.50. The molecule has 20 heavy (non-hydrogen) atoms. The summed E-state index contributed by atoms with van der Waals surface area (Å²) in [7, 11) is 0. The van der Waals surface area contributed by atoms with Gasteiger partial charge in [0.05, 0.1) is 6.04 Å². The Hall–Kier alpha value is -1.31. The molecule has 0 saturated carbocycles. The standard InChI is InChI=1S/C18H22ClN/c1-5-20-18(15-9-6-8-12(2)13(15)3)16-10-7-11-17(19)14(16)4/h6-11,18,20H,5H2,1-4H3. The van der Waals surface area contributed by atoms with Crippen LogP contribution in [0.4, 0.5) is 0 Å². The fourth-order valence-electron chi connectivity index (χ4n) is 2.61. The van der Waals surface area contributed by atoms with Crippen molar-refractivity contribution in [3.8, 4) is 0 Å². The smallest absolute Gasteiger partial charge is 0.0582 e. The quantitative estimate of drug-likeness (QED) is 0.838. The van der Waals surface area contributed by atoms with Gasteiger partial charge in [-0.1, -0.05) is 48.9 Å². The summed E-state index contributed by atoms with van der Waals surface area (Å²) in [5.41, 5.74) is 6.41. The predicted octanol–water partition coefficient (Wildman–Crippen LogP) is 4.96. The molecule has 0 radical (unpaired) electrons. The van der Waals surface area contributed by atoms with E-state index in [9.17, 15) is 0 Å². The largest absolute Gasteiger partial charge is 0.307 e. The van der Waals surface area contributed by atoms with E-state index in [0.717, 1.165) is 17.1 Å². The SMILES string of the molecule is CCNC(c1cccc(C)c1C)c1cccc(Cl)c1C. The van der Waals surface area contributed by atoms with E-state index in [1.54, 1.807) is 0 Å². The molecule has 2 aromatic carbocycles. The van der Waals surface area contributed by atoms with Crippen LogP contribution in [0.15, 0.2) is 36.4 Å². The van der Waals surface area contributed by atoms with Crippen LogP contribution >= 0.6 is 11.6 Å². The first-order valence-electron chi connectivity index (χ1n) is 7.10. The molecular formula is C18H22ClN. The second-order valence-electron chi connectivity index (χ2n) is 5.23. The second kappa shape index (κ2) is 6.43. The van der Waals surface area contributed by atoms with E-state index >= 15 is 0 Å². The first kappa shape index (κ1) is 15.1. The maximum Gasteiger partial charge on any atom is 0.0582 e. The number of hydrogen-bond acceptors (Lipinski definition) is 1. The Morgan fingerprint density at radius 1 is 0.950 bits per heavy atom. The molecule has 0 fully saturated rings. The lowest BCUT2D eigenvalue weighted by molar-refractivity contribution is 0.624. The van der Waals surface area contributed by atoms with E-state index < -0.39 is 0 Å². The van der Waals surface area contributed by atoms with Gasteiger partial charge in [0.2, 0.25) is 0 Å². The van der Waals surface area contributed by atoms with Gasteiger partial charge in [0.15, 0.2) is 0 Å². The Balaban J connectivity index is 2.56. The van der Waals surface area contributed by atoms with E-state index in [1.165, 1.54) is 22.3 Å². The van der Waals surface area contributed by atoms with E-state index in [4.69, 9.17) is 11.6 Å². The summed E-state index contributed by atoms with van der Waals surface area (Å²) in [5.74, 6) is 0. The maximum atomic E-state index is 6.29. The maximum absolute atomic E-state index is 6.29. The van der Waals surface area contributed by atoms with Gasteiger partial charge in [-0.3, -0.25) is 0 Å². The van der Waals surface area contributed by atoms with Crippen molar-refractivity contribution in [1.29, 1.82) is 0 Å². The Morgan fingerprint density at radius 2 is 1.55 bits per heavy atom. The highest BCUT2D eigenvalue weighted by molar-refractivity contribution is 6.31. The third-order valence-corrected chi connectivity index (χ3v) is 4.40. The van der Waals surface area contributed by atoms with Crippen molar-refractivity contribution < 1.29 is 0 Å². The highest BCUT2D eigenvalue weighted by atomic mass is 35.5. The summed E-state index contributed by atoms with van der Waals surface area (Å²) < 4.78 is 0. The average molecular weight is 288 g/mol. The van der Waals surface area contributed by atoms with Crippen molar-refractivity contribution in [3.05, 3.63) is 69.2 Å². The van der Waals surface area contributed by atoms with Gasteiger partial charge in [-0.15, -0.1) is 0 Å². The van der Waals surface area contributed by atoms with Crippen LogP contribution in [0.1, 0.15) is 40.8 Å². The first-order chi connectivity index (χ1) is 9.56. The van der Waals surface area contributed by atoms with Crippen LogP contribution in [-0.2, 0) is 0 Å². The number of aryl methyl sites for hydroxylation is 1. The van der Waals surface area contributed by atoms with Crippen LogP contribution < -0.4 is 5.32 Å². The van der Waals surface area contributed by atoms with Crippen molar-refractivity contribution >= 4 is 11.6 Å². The highest BCUT2D eigenvalue weighted by Crippen LogP contribution is 2.31. The molecule has 0 bridgehead atoms. The van der Waals surface area contributed by atoms with Crippen molar-refractivity contribution in [2.75, 3.05) is 6.54 Å². The highest BCUT2D eigenvalue weighted by Gasteiger charge is 2.18. The van der Waals surface area contributed by atoms with Crippen molar-refractivity contribution in [2.24, 2.45) is 0 Å². The van der Waals surface area contributed by atoms with Gasteiger partial charge in [0.25, 0.3) is 0 Å². The lowest BCUT2D eigenvalue weighted by Gasteiger charge is -2.24. The number of halogens is 1.